The molecule has 0 aliphatic carbocycles. The molecule has 2 rings (SSSR count). The second-order valence-corrected chi connectivity index (χ2v) is 7.91. The van der Waals surface area contributed by atoms with Gasteiger partial charge in [0.1, 0.15) is 5.75 Å². The molecule has 0 spiro atoms. The first kappa shape index (κ1) is 23.0. The number of likely N-dealkylation sites (N-methyl/N-ethyl adjacent to an activating group) is 1. The van der Waals surface area contributed by atoms with Crippen LogP contribution in [0.4, 0.5) is 11.4 Å². The van der Waals surface area contributed by atoms with Gasteiger partial charge in [0.2, 0.25) is 0 Å². The van der Waals surface area contributed by atoms with Crippen LogP contribution in [0.25, 0.3) is 0 Å². The summed E-state index contributed by atoms with van der Waals surface area (Å²) < 4.78 is 7.00. The summed E-state index contributed by atoms with van der Waals surface area (Å²) in [5.41, 5.74) is 2.82. The van der Waals surface area contributed by atoms with Gasteiger partial charge >= 0.3 is 0 Å². The Kier molecular flexibility index (Phi) is 9.26. The fraction of sp³-hybridized carbons (Fsp3) is 0.375. The van der Waals surface area contributed by atoms with Crippen molar-refractivity contribution >= 4 is 33.1 Å². The number of carbonyl (C=O) groups excluding carboxylic acids is 1. The second-order valence-electron chi connectivity index (χ2n) is 7.00. The fourth-order valence-corrected chi connectivity index (χ4v) is 3.50. The Morgan fingerprint density at radius 3 is 2.52 bits per heavy atom. The number of carbonyl (C=O) groups is 1. The van der Waals surface area contributed by atoms with E-state index in [4.69, 9.17) is 4.74 Å². The molecule has 0 aliphatic rings. The number of benzene rings is 2. The van der Waals surface area contributed by atoms with E-state index in [0.29, 0.717) is 30.0 Å². The third-order valence-electron chi connectivity index (χ3n) is 4.80. The standard InChI is InChI=1S/C24H31BrN2O2/c1-5-7-8-9-17-29-21-15-14-20(27(4)16-6-2)22(23(21)26-3)24(28)18-10-12-19(25)13-11-18/h6,10-15,26H,2,5,7-9,16-17H2,1,3-4H3. The van der Waals surface area contributed by atoms with E-state index in [0.717, 1.165) is 28.7 Å². The van der Waals surface area contributed by atoms with E-state index in [2.05, 4.69) is 34.7 Å². The van der Waals surface area contributed by atoms with Gasteiger partial charge in [-0.2, -0.15) is 0 Å². The maximum absolute atomic E-state index is 13.5. The molecular weight excluding hydrogens is 428 g/mol. The average Bonchev–Trinajstić information content (AvgIpc) is 2.73. The number of nitrogens with zero attached hydrogens (tertiary/aromatic N) is 1. The minimum absolute atomic E-state index is 0.0378. The van der Waals surface area contributed by atoms with Crippen LogP contribution in [-0.4, -0.2) is 33.0 Å². The Morgan fingerprint density at radius 1 is 1.17 bits per heavy atom. The van der Waals surface area contributed by atoms with Crippen LogP contribution in [0.3, 0.4) is 0 Å². The number of rotatable bonds is 12. The van der Waals surface area contributed by atoms with Gasteiger partial charge < -0.3 is 15.0 Å². The largest absolute Gasteiger partial charge is 0.491 e. The lowest BCUT2D eigenvalue weighted by molar-refractivity contribution is 0.103. The quantitative estimate of drug-likeness (QED) is 0.230. The molecule has 0 saturated carbocycles. The zero-order valence-electron chi connectivity index (χ0n) is 17.6. The van der Waals surface area contributed by atoms with Crippen molar-refractivity contribution in [3.05, 3.63) is 64.7 Å². The van der Waals surface area contributed by atoms with Gasteiger partial charge in [0, 0.05) is 30.7 Å². The zero-order valence-corrected chi connectivity index (χ0v) is 19.2. The van der Waals surface area contributed by atoms with E-state index in [1.165, 1.54) is 12.8 Å². The van der Waals surface area contributed by atoms with Crippen molar-refractivity contribution in [2.24, 2.45) is 0 Å². The number of nitrogens with one attached hydrogen (secondary N) is 1. The maximum Gasteiger partial charge on any atom is 0.197 e. The molecule has 0 aromatic heterocycles. The lowest BCUT2D eigenvalue weighted by atomic mass is 9.98. The third kappa shape index (κ3) is 6.10. The van der Waals surface area contributed by atoms with Crippen molar-refractivity contribution < 1.29 is 9.53 Å². The van der Waals surface area contributed by atoms with Gasteiger partial charge in [-0.05, 0) is 42.8 Å². The average molecular weight is 459 g/mol. The van der Waals surface area contributed by atoms with Gasteiger partial charge in [0.25, 0.3) is 0 Å². The molecule has 0 amide bonds. The second kappa shape index (κ2) is 11.7. The predicted molar refractivity (Wildman–Crippen MR) is 127 cm³/mol. The SMILES string of the molecule is C=CCN(C)c1ccc(OCCCCCC)c(NC)c1C(=O)c1ccc(Br)cc1. The normalized spacial score (nSPS) is 10.5. The third-order valence-corrected chi connectivity index (χ3v) is 5.33. The molecule has 0 saturated heterocycles. The molecule has 1 N–H and O–H groups in total. The molecular formula is C24H31BrN2O2. The van der Waals surface area contributed by atoms with Crippen LogP contribution in [0, 0.1) is 0 Å². The van der Waals surface area contributed by atoms with Gasteiger partial charge in [-0.1, -0.05) is 48.2 Å². The molecule has 4 nitrogen and oxygen atoms in total. The number of ether oxygens (including phenoxy) is 1. The number of halogens is 1. The highest BCUT2D eigenvalue weighted by Gasteiger charge is 2.23. The first-order chi connectivity index (χ1) is 14.0. The predicted octanol–water partition coefficient (Wildman–Crippen LogP) is 6.30. The number of anilines is 2. The minimum Gasteiger partial charge on any atom is -0.491 e. The summed E-state index contributed by atoms with van der Waals surface area (Å²) in [6.07, 6.45) is 6.38. The van der Waals surface area contributed by atoms with E-state index in [1.54, 1.807) is 0 Å². The Hall–Kier alpha value is -2.27. The number of hydrogen-bond acceptors (Lipinski definition) is 4. The Morgan fingerprint density at radius 2 is 1.90 bits per heavy atom. The van der Waals surface area contributed by atoms with Crippen molar-refractivity contribution in [3.8, 4) is 5.75 Å². The molecule has 2 aromatic carbocycles. The van der Waals surface area contributed by atoms with Gasteiger partial charge in [0.15, 0.2) is 5.78 Å². The van der Waals surface area contributed by atoms with Crippen LogP contribution in [0.2, 0.25) is 0 Å². The monoisotopic (exact) mass is 458 g/mol. The number of unbranched alkanes of at least 4 members (excludes halogenated alkanes) is 3. The molecule has 0 fully saturated rings. The van der Waals surface area contributed by atoms with E-state index < -0.39 is 0 Å². The van der Waals surface area contributed by atoms with E-state index >= 15 is 0 Å². The summed E-state index contributed by atoms with van der Waals surface area (Å²) in [6, 6.07) is 11.3. The number of ketones is 1. The van der Waals surface area contributed by atoms with Crippen LogP contribution in [0.5, 0.6) is 5.75 Å². The highest BCUT2D eigenvalue weighted by Crippen LogP contribution is 2.37. The molecule has 29 heavy (non-hydrogen) atoms. The Labute approximate surface area is 183 Å². The fourth-order valence-electron chi connectivity index (χ4n) is 3.24. The van der Waals surface area contributed by atoms with Crippen LogP contribution in [-0.2, 0) is 0 Å². The maximum atomic E-state index is 13.5. The molecule has 0 unspecified atom stereocenters. The highest BCUT2D eigenvalue weighted by atomic mass is 79.9. The van der Waals surface area contributed by atoms with Crippen LogP contribution < -0.4 is 15.0 Å². The van der Waals surface area contributed by atoms with Crippen molar-refractivity contribution in [3.63, 3.8) is 0 Å². The van der Waals surface area contributed by atoms with Gasteiger partial charge in [-0.25, -0.2) is 0 Å². The van der Waals surface area contributed by atoms with Gasteiger partial charge in [0.05, 0.1) is 23.5 Å². The Balaban J connectivity index is 2.44. The first-order valence-corrected chi connectivity index (χ1v) is 10.9. The molecule has 2 aromatic rings. The van der Waals surface area contributed by atoms with Crippen molar-refractivity contribution in [2.75, 3.05) is 37.5 Å². The van der Waals surface area contributed by atoms with E-state index in [9.17, 15) is 4.79 Å². The molecule has 156 valence electrons. The summed E-state index contributed by atoms with van der Waals surface area (Å²) in [5.74, 6) is 0.671. The summed E-state index contributed by atoms with van der Waals surface area (Å²) in [6.45, 7) is 7.30. The van der Waals surface area contributed by atoms with Crippen LogP contribution in [0.1, 0.15) is 48.5 Å². The first-order valence-electron chi connectivity index (χ1n) is 10.1. The molecule has 0 radical (unpaired) electrons. The number of hydrogen-bond donors (Lipinski definition) is 1. The molecule has 0 heterocycles. The van der Waals surface area contributed by atoms with Gasteiger partial charge in [-0.15, -0.1) is 6.58 Å². The van der Waals surface area contributed by atoms with E-state index in [-0.39, 0.29) is 5.78 Å². The molecule has 0 bridgehead atoms. The molecule has 0 aliphatic heterocycles. The molecule has 0 atom stereocenters. The smallest absolute Gasteiger partial charge is 0.197 e. The van der Waals surface area contributed by atoms with Crippen molar-refractivity contribution in [1.29, 1.82) is 0 Å². The summed E-state index contributed by atoms with van der Waals surface area (Å²) in [5, 5.41) is 3.21. The Bertz CT molecular complexity index is 818. The zero-order chi connectivity index (χ0) is 21.2. The van der Waals surface area contributed by atoms with E-state index in [1.807, 2.05) is 61.5 Å². The lowest BCUT2D eigenvalue weighted by Crippen LogP contribution is -2.21. The highest BCUT2D eigenvalue weighted by molar-refractivity contribution is 9.10. The van der Waals surface area contributed by atoms with Crippen LogP contribution >= 0.6 is 15.9 Å². The summed E-state index contributed by atoms with van der Waals surface area (Å²) in [7, 11) is 3.79. The van der Waals surface area contributed by atoms with Crippen molar-refractivity contribution in [1.82, 2.24) is 0 Å². The molecule has 5 heteroatoms. The summed E-state index contributed by atoms with van der Waals surface area (Å²) >= 11 is 3.43. The van der Waals surface area contributed by atoms with Crippen molar-refractivity contribution in [2.45, 2.75) is 32.6 Å². The lowest BCUT2D eigenvalue weighted by Gasteiger charge is -2.24. The van der Waals surface area contributed by atoms with Crippen LogP contribution in [0.15, 0.2) is 53.5 Å². The minimum atomic E-state index is -0.0378. The van der Waals surface area contributed by atoms with Gasteiger partial charge in [-0.3, -0.25) is 4.79 Å². The topological polar surface area (TPSA) is 41.6 Å². The summed E-state index contributed by atoms with van der Waals surface area (Å²) in [4.78, 5) is 15.5.